The fraction of sp³-hybridized carbons (Fsp3) is 0.500. The van der Waals surface area contributed by atoms with E-state index < -0.39 is 13.0 Å². The summed E-state index contributed by atoms with van der Waals surface area (Å²) < 4.78 is 29.4. The molecule has 1 rings (SSSR count). The summed E-state index contributed by atoms with van der Waals surface area (Å²) in [5.74, 6) is 0. The molecular formula is C12H17F2NO. The molecular weight excluding hydrogens is 212 g/mol. The molecule has 1 N–H and O–H groups in total. The van der Waals surface area contributed by atoms with Crippen molar-refractivity contribution in [1.29, 1.82) is 0 Å². The largest absolute Gasteiger partial charge is 0.366 e. The van der Waals surface area contributed by atoms with Gasteiger partial charge >= 0.3 is 0 Å². The number of alkyl halides is 2. The topological polar surface area (TPSA) is 21.3 Å². The van der Waals surface area contributed by atoms with Crippen LogP contribution in [0.4, 0.5) is 8.78 Å². The minimum atomic E-state index is -2.42. The van der Waals surface area contributed by atoms with E-state index in [2.05, 4.69) is 5.32 Å². The smallest absolute Gasteiger partial charge is 0.261 e. The Bertz CT molecular complexity index is 280. The summed E-state index contributed by atoms with van der Waals surface area (Å²) in [6.45, 7) is 2.79. The Morgan fingerprint density at radius 3 is 2.50 bits per heavy atom. The molecule has 1 unspecified atom stereocenters. The van der Waals surface area contributed by atoms with E-state index in [0.717, 1.165) is 12.1 Å². The van der Waals surface area contributed by atoms with Crippen molar-refractivity contribution in [1.82, 2.24) is 5.32 Å². The van der Waals surface area contributed by atoms with Gasteiger partial charge in [-0.1, -0.05) is 37.3 Å². The Kier molecular flexibility index (Phi) is 5.96. The van der Waals surface area contributed by atoms with Gasteiger partial charge in [-0.25, -0.2) is 8.78 Å². The molecule has 0 radical (unpaired) electrons. The van der Waals surface area contributed by atoms with Crippen molar-refractivity contribution >= 4 is 0 Å². The SMILES string of the molecule is CCNCC(OCC(F)F)c1ccccc1. The zero-order valence-corrected chi connectivity index (χ0v) is 9.33. The van der Waals surface area contributed by atoms with E-state index in [-0.39, 0.29) is 6.10 Å². The highest BCUT2D eigenvalue weighted by molar-refractivity contribution is 5.17. The van der Waals surface area contributed by atoms with Crippen molar-refractivity contribution in [3.8, 4) is 0 Å². The zero-order chi connectivity index (χ0) is 11.8. The number of hydrogen-bond donors (Lipinski definition) is 1. The molecule has 0 aliphatic rings. The van der Waals surface area contributed by atoms with E-state index >= 15 is 0 Å². The van der Waals surface area contributed by atoms with Crippen LogP contribution in [0.15, 0.2) is 30.3 Å². The molecule has 0 fully saturated rings. The summed E-state index contributed by atoms with van der Waals surface area (Å²) in [5.41, 5.74) is 0.920. The first-order valence-corrected chi connectivity index (χ1v) is 5.39. The summed E-state index contributed by atoms with van der Waals surface area (Å²) in [4.78, 5) is 0. The van der Waals surface area contributed by atoms with Gasteiger partial charge in [0.05, 0.1) is 6.10 Å². The van der Waals surface area contributed by atoms with Crippen molar-refractivity contribution in [3.05, 3.63) is 35.9 Å². The van der Waals surface area contributed by atoms with Gasteiger partial charge in [-0.05, 0) is 12.1 Å². The number of ether oxygens (including phenoxy) is 1. The van der Waals surface area contributed by atoms with E-state index in [1.165, 1.54) is 0 Å². The van der Waals surface area contributed by atoms with E-state index in [1.807, 2.05) is 37.3 Å². The Morgan fingerprint density at radius 2 is 1.94 bits per heavy atom. The van der Waals surface area contributed by atoms with Crippen LogP contribution in [0.1, 0.15) is 18.6 Å². The van der Waals surface area contributed by atoms with Gasteiger partial charge in [0, 0.05) is 6.54 Å². The fourth-order valence-corrected chi connectivity index (χ4v) is 1.41. The first-order valence-electron chi connectivity index (χ1n) is 5.39. The molecule has 0 heterocycles. The molecule has 1 aromatic carbocycles. The van der Waals surface area contributed by atoms with Crippen LogP contribution in [0.2, 0.25) is 0 Å². The average molecular weight is 229 g/mol. The molecule has 4 heteroatoms. The minimum absolute atomic E-state index is 0.310. The van der Waals surface area contributed by atoms with Crippen LogP contribution in [-0.2, 0) is 4.74 Å². The lowest BCUT2D eigenvalue weighted by Crippen LogP contribution is -2.24. The van der Waals surface area contributed by atoms with Gasteiger partial charge < -0.3 is 10.1 Å². The van der Waals surface area contributed by atoms with Crippen LogP contribution < -0.4 is 5.32 Å². The summed E-state index contributed by atoms with van der Waals surface area (Å²) in [5, 5.41) is 3.10. The predicted octanol–water partition coefficient (Wildman–Crippen LogP) is 2.62. The molecule has 0 spiro atoms. The van der Waals surface area contributed by atoms with Gasteiger partial charge in [0.15, 0.2) is 0 Å². The molecule has 0 aromatic heterocycles. The second-order valence-electron chi connectivity index (χ2n) is 3.43. The van der Waals surface area contributed by atoms with E-state index in [0.29, 0.717) is 6.54 Å². The normalized spacial score (nSPS) is 13.0. The van der Waals surface area contributed by atoms with Crippen molar-refractivity contribution in [3.63, 3.8) is 0 Å². The number of likely N-dealkylation sites (N-methyl/N-ethyl adjacent to an activating group) is 1. The Hall–Kier alpha value is -1.00. The Labute approximate surface area is 94.6 Å². The second kappa shape index (κ2) is 7.30. The van der Waals surface area contributed by atoms with Crippen LogP contribution >= 0.6 is 0 Å². The number of rotatable bonds is 7. The molecule has 0 saturated carbocycles. The maximum Gasteiger partial charge on any atom is 0.261 e. The Balaban J connectivity index is 2.56. The highest BCUT2D eigenvalue weighted by Gasteiger charge is 2.13. The molecule has 1 atom stereocenters. The molecule has 0 amide bonds. The minimum Gasteiger partial charge on any atom is -0.366 e. The predicted molar refractivity (Wildman–Crippen MR) is 59.7 cm³/mol. The van der Waals surface area contributed by atoms with Crippen molar-refractivity contribution in [2.75, 3.05) is 19.7 Å². The van der Waals surface area contributed by atoms with Gasteiger partial charge in [0.1, 0.15) is 6.61 Å². The van der Waals surface area contributed by atoms with Crippen LogP contribution in [-0.4, -0.2) is 26.1 Å². The molecule has 0 bridgehead atoms. The third-order valence-electron chi connectivity index (χ3n) is 2.17. The molecule has 90 valence electrons. The summed E-state index contributed by atoms with van der Waals surface area (Å²) in [7, 11) is 0. The summed E-state index contributed by atoms with van der Waals surface area (Å²) in [6, 6.07) is 9.40. The lowest BCUT2D eigenvalue weighted by molar-refractivity contribution is -0.0244. The maximum absolute atomic E-state index is 12.1. The highest BCUT2D eigenvalue weighted by atomic mass is 19.3. The summed E-state index contributed by atoms with van der Waals surface area (Å²) in [6.07, 6.45) is -2.73. The van der Waals surface area contributed by atoms with Crippen LogP contribution in [0.3, 0.4) is 0 Å². The third kappa shape index (κ3) is 4.68. The van der Waals surface area contributed by atoms with E-state index in [4.69, 9.17) is 4.74 Å². The maximum atomic E-state index is 12.1. The Morgan fingerprint density at radius 1 is 1.25 bits per heavy atom. The van der Waals surface area contributed by atoms with E-state index in [9.17, 15) is 8.78 Å². The number of halogens is 2. The molecule has 0 aliphatic carbocycles. The molecule has 1 aromatic rings. The van der Waals surface area contributed by atoms with Crippen molar-refractivity contribution in [2.24, 2.45) is 0 Å². The quantitative estimate of drug-likeness (QED) is 0.776. The lowest BCUT2D eigenvalue weighted by Gasteiger charge is -2.18. The van der Waals surface area contributed by atoms with E-state index in [1.54, 1.807) is 0 Å². The number of benzene rings is 1. The van der Waals surface area contributed by atoms with Gasteiger partial charge in [-0.2, -0.15) is 0 Å². The number of nitrogens with one attached hydrogen (secondary N) is 1. The van der Waals surface area contributed by atoms with Gasteiger partial charge in [-0.15, -0.1) is 0 Å². The van der Waals surface area contributed by atoms with Crippen molar-refractivity contribution < 1.29 is 13.5 Å². The lowest BCUT2D eigenvalue weighted by atomic mass is 10.1. The van der Waals surface area contributed by atoms with Crippen LogP contribution in [0, 0.1) is 0 Å². The van der Waals surface area contributed by atoms with Gasteiger partial charge in [-0.3, -0.25) is 0 Å². The van der Waals surface area contributed by atoms with Crippen LogP contribution in [0.25, 0.3) is 0 Å². The number of hydrogen-bond acceptors (Lipinski definition) is 2. The van der Waals surface area contributed by atoms with Crippen molar-refractivity contribution in [2.45, 2.75) is 19.5 Å². The highest BCUT2D eigenvalue weighted by Crippen LogP contribution is 2.17. The first-order chi connectivity index (χ1) is 7.74. The molecule has 0 saturated heterocycles. The van der Waals surface area contributed by atoms with Gasteiger partial charge in [0.2, 0.25) is 0 Å². The zero-order valence-electron chi connectivity index (χ0n) is 9.33. The first kappa shape index (κ1) is 13.1. The average Bonchev–Trinajstić information content (AvgIpc) is 2.30. The molecule has 0 aliphatic heterocycles. The molecule has 2 nitrogen and oxygen atoms in total. The standard InChI is InChI=1S/C12H17F2NO/c1-2-15-8-11(16-9-12(13)14)10-6-4-3-5-7-10/h3-7,11-12,15H,2,8-9H2,1H3. The third-order valence-corrected chi connectivity index (χ3v) is 2.17. The summed E-state index contributed by atoms with van der Waals surface area (Å²) >= 11 is 0. The fourth-order valence-electron chi connectivity index (χ4n) is 1.41. The molecule has 16 heavy (non-hydrogen) atoms. The second-order valence-corrected chi connectivity index (χ2v) is 3.43. The van der Waals surface area contributed by atoms with Crippen LogP contribution in [0.5, 0.6) is 0 Å². The van der Waals surface area contributed by atoms with Gasteiger partial charge in [0.25, 0.3) is 6.43 Å². The monoisotopic (exact) mass is 229 g/mol.